The largest absolute Gasteiger partial charge is 0.462 e. The molecule has 0 atom stereocenters. The van der Waals surface area contributed by atoms with E-state index in [0.717, 1.165) is 17.6 Å². The molecule has 0 aliphatic carbocycles. The van der Waals surface area contributed by atoms with E-state index < -0.39 is 5.97 Å². The van der Waals surface area contributed by atoms with Gasteiger partial charge in [-0.3, -0.25) is 9.20 Å². The van der Waals surface area contributed by atoms with Crippen LogP contribution in [0.4, 0.5) is 5.00 Å². The number of nitrogens with zero attached hydrogens (tertiary/aromatic N) is 3. The smallest absolute Gasteiger partial charge is 0.341 e. The summed E-state index contributed by atoms with van der Waals surface area (Å²) >= 11 is 2.64. The van der Waals surface area contributed by atoms with Crippen LogP contribution in [0.2, 0.25) is 0 Å². The van der Waals surface area contributed by atoms with Crippen molar-refractivity contribution in [1.82, 2.24) is 14.6 Å². The van der Waals surface area contributed by atoms with E-state index in [4.69, 9.17) is 4.74 Å². The Kier molecular flexibility index (Phi) is 6.69. The molecule has 1 N–H and O–H groups in total. The van der Waals surface area contributed by atoms with Crippen LogP contribution in [0.3, 0.4) is 0 Å². The number of thiophene rings is 1. The van der Waals surface area contributed by atoms with Crippen molar-refractivity contribution >= 4 is 45.6 Å². The predicted octanol–water partition coefficient (Wildman–Crippen LogP) is 3.90. The number of anilines is 1. The van der Waals surface area contributed by atoms with E-state index in [1.165, 1.54) is 23.1 Å². The highest BCUT2D eigenvalue weighted by Crippen LogP contribution is 2.31. The molecule has 0 saturated heterocycles. The number of carbonyl (C=O) groups is 2. The predicted molar refractivity (Wildman–Crippen MR) is 111 cm³/mol. The van der Waals surface area contributed by atoms with Crippen molar-refractivity contribution in [3.63, 3.8) is 0 Å². The number of aromatic nitrogens is 3. The van der Waals surface area contributed by atoms with Crippen LogP contribution in [-0.2, 0) is 16.0 Å². The Morgan fingerprint density at radius 1 is 1.32 bits per heavy atom. The van der Waals surface area contributed by atoms with Crippen LogP contribution in [0, 0.1) is 5.92 Å². The molecule has 3 aromatic heterocycles. The lowest BCUT2D eigenvalue weighted by Gasteiger charge is -2.09. The molecule has 148 valence electrons. The highest BCUT2D eigenvalue weighted by molar-refractivity contribution is 7.99. The topological polar surface area (TPSA) is 85.6 Å². The third kappa shape index (κ3) is 4.71. The minimum absolute atomic E-state index is 0.162. The summed E-state index contributed by atoms with van der Waals surface area (Å²) in [6, 6.07) is 5.62. The van der Waals surface area contributed by atoms with Gasteiger partial charge in [0, 0.05) is 6.20 Å². The summed E-state index contributed by atoms with van der Waals surface area (Å²) in [6.45, 7) is 6.23. The Morgan fingerprint density at radius 2 is 2.14 bits per heavy atom. The van der Waals surface area contributed by atoms with Crippen molar-refractivity contribution in [2.45, 2.75) is 32.3 Å². The summed E-state index contributed by atoms with van der Waals surface area (Å²) in [7, 11) is 0. The Balaban J connectivity index is 1.70. The molecule has 0 unspecified atom stereocenters. The molecule has 0 bridgehead atoms. The van der Waals surface area contributed by atoms with E-state index >= 15 is 0 Å². The quantitative estimate of drug-likeness (QED) is 0.441. The van der Waals surface area contributed by atoms with Crippen LogP contribution in [0.25, 0.3) is 5.65 Å². The minimum Gasteiger partial charge on any atom is -0.462 e. The number of hydrogen-bond donors (Lipinski definition) is 1. The zero-order valence-electron chi connectivity index (χ0n) is 16.0. The van der Waals surface area contributed by atoms with Gasteiger partial charge < -0.3 is 10.1 Å². The molecule has 0 radical (unpaired) electrons. The fraction of sp³-hybridized carbons (Fsp3) is 0.368. The van der Waals surface area contributed by atoms with Crippen LogP contribution in [0.1, 0.15) is 36.7 Å². The van der Waals surface area contributed by atoms with Gasteiger partial charge in [0.1, 0.15) is 5.00 Å². The molecule has 3 heterocycles. The fourth-order valence-corrected chi connectivity index (χ4v) is 4.42. The van der Waals surface area contributed by atoms with Crippen molar-refractivity contribution in [2.24, 2.45) is 5.92 Å². The van der Waals surface area contributed by atoms with Crippen LogP contribution >= 0.6 is 23.1 Å². The molecule has 3 rings (SSSR count). The summed E-state index contributed by atoms with van der Waals surface area (Å²) in [5.41, 5.74) is 2.10. The van der Waals surface area contributed by atoms with Gasteiger partial charge in [0.25, 0.3) is 0 Å². The normalized spacial score (nSPS) is 11.1. The van der Waals surface area contributed by atoms with Gasteiger partial charge in [0.05, 0.1) is 17.9 Å². The number of esters is 1. The fourth-order valence-electron chi connectivity index (χ4n) is 2.71. The van der Waals surface area contributed by atoms with E-state index in [9.17, 15) is 9.59 Å². The first-order chi connectivity index (χ1) is 13.5. The molecule has 0 aliphatic rings. The van der Waals surface area contributed by atoms with Gasteiger partial charge >= 0.3 is 5.97 Å². The Labute approximate surface area is 171 Å². The SMILES string of the molecule is CCOC(=O)c1c(CC(C)C)csc1NC(=O)CSc1nnc2ccccn12. The Morgan fingerprint density at radius 3 is 2.89 bits per heavy atom. The van der Waals surface area contributed by atoms with Crippen molar-refractivity contribution in [1.29, 1.82) is 0 Å². The molecule has 0 fully saturated rings. The summed E-state index contributed by atoms with van der Waals surface area (Å²) in [4.78, 5) is 24.9. The zero-order chi connectivity index (χ0) is 20.1. The molecule has 9 heteroatoms. The lowest BCUT2D eigenvalue weighted by atomic mass is 10.0. The second-order valence-electron chi connectivity index (χ2n) is 6.53. The van der Waals surface area contributed by atoms with Crippen molar-refractivity contribution in [2.75, 3.05) is 17.7 Å². The minimum atomic E-state index is -0.397. The monoisotopic (exact) mass is 418 g/mol. The van der Waals surface area contributed by atoms with E-state index in [1.54, 1.807) is 6.92 Å². The van der Waals surface area contributed by atoms with E-state index in [1.807, 2.05) is 34.2 Å². The number of thioether (sulfide) groups is 1. The summed E-state index contributed by atoms with van der Waals surface area (Å²) in [6.07, 6.45) is 2.60. The maximum absolute atomic E-state index is 12.5. The second-order valence-corrected chi connectivity index (χ2v) is 8.35. The van der Waals surface area contributed by atoms with Gasteiger partial charge in [-0.25, -0.2) is 4.79 Å². The van der Waals surface area contributed by atoms with Crippen LogP contribution in [0.5, 0.6) is 0 Å². The highest BCUT2D eigenvalue weighted by Gasteiger charge is 2.22. The van der Waals surface area contributed by atoms with Crippen molar-refractivity contribution in [3.8, 4) is 0 Å². The molecule has 7 nitrogen and oxygen atoms in total. The molecule has 0 aliphatic heterocycles. The second kappa shape index (κ2) is 9.20. The first kappa shape index (κ1) is 20.3. The summed E-state index contributed by atoms with van der Waals surface area (Å²) in [5.74, 6) is -0.0508. The number of carbonyl (C=O) groups excluding carboxylic acids is 2. The molecular formula is C19H22N4O3S2. The molecule has 0 saturated carbocycles. The van der Waals surface area contributed by atoms with E-state index in [-0.39, 0.29) is 11.7 Å². The van der Waals surface area contributed by atoms with E-state index in [0.29, 0.717) is 28.2 Å². The number of rotatable bonds is 8. The Bertz CT molecular complexity index is 981. The number of nitrogens with one attached hydrogen (secondary N) is 1. The molecule has 3 aromatic rings. The van der Waals surface area contributed by atoms with Gasteiger partial charge in [-0.15, -0.1) is 21.5 Å². The lowest BCUT2D eigenvalue weighted by molar-refractivity contribution is -0.113. The number of fused-ring (bicyclic) bond motifs is 1. The van der Waals surface area contributed by atoms with Crippen molar-refractivity contribution in [3.05, 3.63) is 40.9 Å². The molecule has 28 heavy (non-hydrogen) atoms. The number of pyridine rings is 1. The maximum Gasteiger partial charge on any atom is 0.341 e. The number of amides is 1. The van der Waals surface area contributed by atoms with Crippen LogP contribution < -0.4 is 5.32 Å². The number of hydrogen-bond acceptors (Lipinski definition) is 7. The molecule has 0 spiro atoms. The third-order valence-electron chi connectivity index (χ3n) is 3.84. The third-order valence-corrected chi connectivity index (χ3v) is 5.73. The lowest BCUT2D eigenvalue weighted by Crippen LogP contribution is -2.17. The average Bonchev–Trinajstić information content (AvgIpc) is 3.24. The average molecular weight is 419 g/mol. The number of ether oxygens (including phenoxy) is 1. The Hall–Kier alpha value is -2.39. The van der Waals surface area contributed by atoms with Crippen LogP contribution in [0.15, 0.2) is 34.9 Å². The standard InChI is InChI=1S/C19H22N4O3S2/c1-4-26-18(25)16-13(9-12(2)3)10-27-17(16)20-15(24)11-28-19-22-21-14-7-5-6-8-23(14)19/h5-8,10,12H,4,9,11H2,1-3H3,(H,20,24). The van der Waals surface area contributed by atoms with Gasteiger partial charge in [0.15, 0.2) is 10.8 Å². The van der Waals surface area contributed by atoms with Gasteiger partial charge in [0.2, 0.25) is 5.91 Å². The van der Waals surface area contributed by atoms with Gasteiger partial charge in [-0.2, -0.15) is 0 Å². The first-order valence-corrected chi connectivity index (χ1v) is 10.9. The van der Waals surface area contributed by atoms with Gasteiger partial charge in [-0.05, 0) is 42.3 Å². The van der Waals surface area contributed by atoms with E-state index in [2.05, 4.69) is 29.4 Å². The van der Waals surface area contributed by atoms with Crippen molar-refractivity contribution < 1.29 is 14.3 Å². The summed E-state index contributed by atoms with van der Waals surface area (Å²) < 4.78 is 7.01. The zero-order valence-corrected chi connectivity index (χ0v) is 17.6. The highest BCUT2D eigenvalue weighted by atomic mass is 32.2. The molecule has 1 amide bonds. The van der Waals surface area contributed by atoms with Crippen LogP contribution in [-0.4, -0.2) is 38.8 Å². The summed E-state index contributed by atoms with van der Waals surface area (Å²) in [5, 5.41) is 14.1. The first-order valence-electron chi connectivity index (χ1n) is 8.99. The maximum atomic E-state index is 12.5. The molecular weight excluding hydrogens is 396 g/mol. The molecule has 0 aromatic carbocycles. The van der Waals surface area contributed by atoms with Gasteiger partial charge in [-0.1, -0.05) is 31.7 Å².